The number of aliphatic hydroxyl groups excluding tert-OH is 8. The molecule has 0 radical (unpaired) electrons. The maximum Gasteiger partial charge on any atom is 0.220 e. The van der Waals surface area contributed by atoms with Gasteiger partial charge in [-0.2, -0.15) is 0 Å². The van der Waals surface area contributed by atoms with Gasteiger partial charge < -0.3 is 65.1 Å². The van der Waals surface area contributed by atoms with Crippen molar-refractivity contribution in [3.05, 3.63) is 72.9 Å². The van der Waals surface area contributed by atoms with Crippen molar-refractivity contribution in [3.8, 4) is 0 Å². The summed E-state index contributed by atoms with van der Waals surface area (Å²) in [4.78, 5) is 13.2. The van der Waals surface area contributed by atoms with Crippen LogP contribution >= 0.6 is 0 Å². The van der Waals surface area contributed by atoms with Gasteiger partial charge in [0.2, 0.25) is 5.91 Å². The van der Waals surface area contributed by atoms with Gasteiger partial charge in [-0.1, -0.05) is 183 Å². The third-order valence-corrected chi connectivity index (χ3v) is 12.6. The number of aliphatic hydroxyl groups is 8. The van der Waals surface area contributed by atoms with Crippen molar-refractivity contribution in [3.63, 3.8) is 0 Å². The van der Waals surface area contributed by atoms with E-state index in [1.165, 1.54) is 89.9 Å². The lowest BCUT2D eigenvalue weighted by Crippen LogP contribution is -2.65. The zero-order valence-corrected chi connectivity index (χ0v) is 42.3. The van der Waals surface area contributed by atoms with Crippen LogP contribution in [0.1, 0.15) is 174 Å². The summed E-state index contributed by atoms with van der Waals surface area (Å²) in [7, 11) is 0. The number of allylic oxidation sites excluding steroid dienone is 11. The molecule has 12 unspecified atom stereocenters. The van der Waals surface area contributed by atoms with E-state index >= 15 is 0 Å². The van der Waals surface area contributed by atoms with Gasteiger partial charge in [0, 0.05) is 6.42 Å². The predicted molar refractivity (Wildman–Crippen MR) is 272 cm³/mol. The van der Waals surface area contributed by atoms with Gasteiger partial charge in [-0.05, 0) is 57.8 Å². The van der Waals surface area contributed by atoms with E-state index in [-0.39, 0.29) is 18.9 Å². The third-order valence-electron chi connectivity index (χ3n) is 12.6. The second kappa shape index (κ2) is 41.0. The summed E-state index contributed by atoms with van der Waals surface area (Å²) in [5, 5.41) is 86.8. The zero-order valence-electron chi connectivity index (χ0n) is 42.3. The quantitative estimate of drug-likeness (QED) is 0.0213. The Bertz CT molecular complexity index is 1430. The number of carbonyl (C=O) groups excluding carboxylic acids is 1. The fraction of sp³-hybridized carbons (Fsp3) is 0.764. The SMILES string of the molecule is CC/C=C\C/C=C\C/C=C\C/C=C\C/C=C\CCCC(=O)NC(COC1OC(CO)C(OC2OC(CO)C(O)C(O)C2O)C(O)C1O)C(O)/C=C/CCCCCCCCCCCCCCCCCC. The molecule has 0 aromatic carbocycles. The lowest BCUT2D eigenvalue weighted by molar-refractivity contribution is -0.359. The van der Waals surface area contributed by atoms with E-state index in [1.807, 2.05) is 12.2 Å². The van der Waals surface area contributed by atoms with Crippen LogP contribution in [0.25, 0.3) is 0 Å². The number of amides is 1. The Labute approximate surface area is 415 Å². The molecule has 12 atom stereocenters. The molecule has 2 rings (SSSR count). The minimum atomic E-state index is -1.80. The number of carbonyl (C=O) groups is 1. The molecule has 0 bridgehead atoms. The van der Waals surface area contributed by atoms with E-state index in [1.54, 1.807) is 6.08 Å². The van der Waals surface area contributed by atoms with Gasteiger partial charge in [0.25, 0.3) is 0 Å². The average Bonchev–Trinajstić information content (AvgIpc) is 3.35. The van der Waals surface area contributed by atoms with Gasteiger partial charge >= 0.3 is 0 Å². The minimum Gasteiger partial charge on any atom is -0.394 e. The molecule has 69 heavy (non-hydrogen) atoms. The lowest BCUT2D eigenvalue weighted by atomic mass is 9.97. The molecule has 0 aromatic rings. The van der Waals surface area contributed by atoms with E-state index in [0.717, 1.165) is 51.4 Å². The highest BCUT2D eigenvalue weighted by Gasteiger charge is 2.51. The second-order valence-corrected chi connectivity index (χ2v) is 18.6. The molecule has 0 aromatic heterocycles. The molecule has 0 saturated carbocycles. The van der Waals surface area contributed by atoms with Crippen LogP contribution in [0.15, 0.2) is 72.9 Å². The largest absolute Gasteiger partial charge is 0.394 e. The molecule has 14 nitrogen and oxygen atoms in total. The van der Waals surface area contributed by atoms with Crippen LogP contribution in [0.2, 0.25) is 0 Å². The number of nitrogens with one attached hydrogen (secondary N) is 1. The first kappa shape index (κ1) is 62.5. The van der Waals surface area contributed by atoms with E-state index in [4.69, 9.17) is 18.9 Å². The van der Waals surface area contributed by atoms with E-state index in [0.29, 0.717) is 12.8 Å². The van der Waals surface area contributed by atoms with Crippen molar-refractivity contribution < 1.29 is 64.6 Å². The monoisotopic (exact) mass is 978 g/mol. The van der Waals surface area contributed by atoms with Crippen LogP contribution in [0.5, 0.6) is 0 Å². The highest BCUT2D eigenvalue weighted by Crippen LogP contribution is 2.30. The van der Waals surface area contributed by atoms with Gasteiger partial charge in [0.15, 0.2) is 12.6 Å². The van der Waals surface area contributed by atoms with Crippen LogP contribution < -0.4 is 5.32 Å². The summed E-state index contributed by atoms with van der Waals surface area (Å²) in [6, 6.07) is -0.947. The van der Waals surface area contributed by atoms with E-state index < -0.39 is 86.8 Å². The van der Waals surface area contributed by atoms with Crippen LogP contribution in [-0.2, 0) is 23.7 Å². The van der Waals surface area contributed by atoms with Crippen LogP contribution in [0.4, 0.5) is 0 Å². The van der Waals surface area contributed by atoms with Gasteiger partial charge in [-0.15, -0.1) is 0 Å². The number of ether oxygens (including phenoxy) is 4. The Balaban J connectivity index is 1.86. The fourth-order valence-corrected chi connectivity index (χ4v) is 8.33. The van der Waals surface area contributed by atoms with Crippen LogP contribution in [-0.4, -0.2) is 140 Å². The van der Waals surface area contributed by atoms with Gasteiger partial charge in [-0.25, -0.2) is 0 Å². The Morgan fingerprint density at radius 3 is 1.52 bits per heavy atom. The summed E-state index contributed by atoms with van der Waals surface area (Å²) in [5.74, 6) is -0.299. The molecule has 0 spiro atoms. The number of unbranched alkanes of at least 4 members (excludes halogenated alkanes) is 17. The predicted octanol–water partition coefficient (Wildman–Crippen LogP) is 7.60. The van der Waals surface area contributed by atoms with Crippen molar-refractivity contribution in [2.24, 2.45) is 0 Å². The Morgan fingerprint density at radius 2 is 1.00 bits per heavy atom. The molecule has 2 saturated heterocycles. The molecular formula is C55H95NO13. The molecule has 9 N–H and O–H groups in total. The summed E-state index contributed by atoms with van der Waals surface area (Å²) in [6.07, 6.45) is 35.1. The maximum atomic E-state index is 13.2. The highest BCUT2D eigenvalue weighted by molar-refractivity contribution is 5.76. The number of hydrogen-bond donors (Lipinski definition) is 9. The summed E-state index contributed by atoms with van der Waals surface area (Å²) >= 11 is 0. The first-order chi connectivity index (χ1) is 33.6. The van der Waals surface area contributed by atoms with Crippen molar-refractivity contribution >= 4 is 5.91 Å². The molecule has 2 heterocycles. The highest BCUT2D eigenvalue weighted by atomic mass is 16.7. The van der Waals surface area contributed by atoms with Crippen molar-refractivity contribution in [1.82, 2.24) is 5.32 Å². The molecule has 2 fully saturated rings. The topological polar surface area (TPSA) is 228 Å². The Kier molecular flexibility index (Phi) is 37.1. The molecular weight excluding hydrogens is 883 g/mol. The molecule has 398 valence electrons. The number of hydrogen-bond acceptors (Lipinski definition) is 13. The fourth-order valence-electron chi connectivity index (χ4n) is 8.33. The van der Waals surface area contributed by atoms with Crippen LogP contribution in [0.3, 0.4) is 0 Å². The molecule has 0 aliphatic carbocycles. The Morgan fingerprint density at radius 1 is 0.536 bits per heavy atom. The van der Waals surface area contributed by atoms with Crippen molar-refractivity contribution in [1.29, 1.82) is 0 Å². The van der Waals surface area contributed by atoms with E-state index in [2.05, 4.69) is 73.8 Å². The average molecular weight is 978 g/mol. The Hall–Kier alpha value is -2.57. The van der Waals surface area contributed by atoms with Gasteiger partial charge in [-0.3, -0.25) is 4.79 Å². The molecule has 2 aliphatic heterocycles. The summed E-state index contributed by atoms with van der Waals surface area (Å²) in [6.45, 7) is 2.63. The molecule has 2 aliphatic rings. The first-order valence-electron chi connectivity index (χ1n) is 26.7. The van der Waals surface area contributed by atoms with Crippen molar-refractivity contribution in [2.45, 2.75) is 248 Å². The minimum absolute atomic E-state index is 0.200. The summed E-state index contributed by atoms with van der Waals surface area (Å²) < 4.78 is 22.7. The van der Waals surface area contributed by atoms with E-state index in [9.17, 15) is 45.6 Å². The molecule has 1 amide bonds. The zero-order chi connectivity index (χ0) is 50.3. The third kappa shape index (κ3) is 27.7. The standard InChI is InChI=1S/C55H95NO13/c1-3-5-7-9-11-13-15-17-19-21-23-24-26-28-30-32-34-36-38-44(59)43(56-47(60)39-37-35-33-31-29-27-25-22-20-18-16-14-12-10-8-6-4-2)42-66-54-52(65)50(63)53(46(41-58)68-54)69-55-51(64)49(62)48(61)45(40-57)67-55/h6,8,12,14,18,20,25,27,31,33,36,38,43-46,48-55,57-59,61-65H,3-5,7,9-11,13,15-17,19,21-24,26,28-30,32,34-35,37,39-42H2,1-2H3,(H,56,60)/b8-6-,14-12-,20-18-,27-25-,33-31-,38-36+. The molecule has 14 heteroatoms. The summed E-state index contributed by atoms with van der Waals surface area (Å²) in [5.41, 5.74) is 0. The second-order valence-electron chi connectivity index (χ2n) is 18.6. The van der Waals surface area contributed by atoms with Crippen molar-refractivity contribution in [2.75, 3.05) is 19.8 Å². The van der Waals surface area contributed by atoms with Gasteiger partial charge in [0.1, 0.15) is 48.8 Å². The van der Waals surface area contributed by atoms with Crippen LogP contribution in [0, 0.1) is 0 Å². The normalized spacial score (nSPS) is 26.8. The van der Waals surface area contributed by atoms with Gasteiger partial charge in [0.05, 0.1) is 32.0 Å². The maximum absolute atomic E-state index is 13.2. The smallest absolute Gasteiger partial charge is 0.220 e. The lowest BCUT2D eigenvalue weighted by Gasteiger charge is -2.46. The number of rotatable bonds is 40. The first-order valence-corrected chi connectivity index (χ1v) is 26.7.